The molecule has 0 fully saturated rings. The molecule has 0 spiro atoms. The summed E-state index contributed by atoms with van der Waals surface area (Å²) in [6.07, 6.45) is 89.1. The predicted molar refractivity (Wildman–Crippen MR) is 347 cm³/mol. The van der Waals surface area contributed by atoms with Crippen LogP contribution < -0.4 is 5.32 Å². The first-order valence-electron chi connectivity index (χ1n) is 35.4. The molecule has 0 aromatic heterocycles. The molecule has 2 atom stereocenters. The number of amides is 1. The smallest absolute Gasteiger partial charge is 0.305 e. The van der Waals surface area contributed by atoms with Gasteiger partial charge in [0.25, 0.3) is 0 Å². The lowest BCUT2D eigenvalue weighted by molar-refractivity contribution is -0.143. The van der Waals surface area contributed by atoms with Crippen LogP contribution in [0.15, 0.2) is 48.6 Å². The van der Waals surface area contributed by atoms with E-state index in [-0.39, 0.29) is 18.5 Å². The molecule has 0 aromatic carbocycles. The third kappa shape index (κ3) is 64.8. The van der Waals surface area contributed by atoms with E-state index in [1.54, 1.807) is 6.08 Å². The Balaban J connectivity index is 3.40. The van der Waals surface area contributed by atoms with Gasteiger partial charge in [0.2, 0.25) is 5.91 Å². The van der Waals surface area contributed by atoms with Gasteiger partial charge < -0.3 is 20.3 Å². The number of allylic oxidation sites excluding steroid dienone is 7. The van der Waals surface area contributed by atoms with E-state index in [1.165, 1.54) is 302 Å². The Kier molecular flexibility index (Phi) is 66.4. The van der Waals surface area contributed by atoms with Crippen LogP contribution in [0.25, 0.3) is 0 Å². The van der Waals surface area contributed by atoms with Crippen LogP contribution in [0.5, 0.6) is 0 Å². The minimum absolute atomic E-state index is 0.00967. The summed E-state index contributed by atoms with van der Waals surface area (Å²) in [4.78, 5) is 24.6. The topological polar surface area (TPSA) is 95.9 Å². The van der Waals surface area contributed by atoms with Crippen molar-refractivity contribution >= 4 is 11.9 Å². The average molecular weight is 1110 g/mol. The van der Waals surface area contributed by atoms with Gasteiger partial charge in [0.15, 0.2) is 0 Å². The summed E-state index contributed by atoms with van der Waals surface area (Å²) in [5.74, 6) is -0.0565. The number of nitrogens with one attached hydrogen (secondary N) is 1. The Morgan fingerprint density at radius 1 is 0.354 bits per heavy atom. The van der Waals surface area contributed by atoms with Crippen molar-refractivity contribution in [2.75, 3.05) is 13.2 Å². The van der Waals surface area contributed by atoms with Crippen molar-refractivity contribution in [3.05, 3.63) is 48.6 Å². The molecule has 79 heavy (non-hydrogen) atoms. The highest BCUT2D eigenvalue weighted by Gasteiger charge is 2.18. The minimum Gasteiger partial charge on any atom is -0.466 e. The molecule has 0 rings (SSSR count). The lowest BCUT2D eigenvalue weighted by Crippen LogP contribution is -2.45. The molecule has 0 saturated heterocycles. The van der Waals surface area contributed by atoms with Crippen LogP contribution >= 0.6 is 0 Å². The highest BCUT2D eigenvalue weighted by Crippen LogP contribution is 2.18. The molecule has 6 heteroatoms. The second kappa shape index (κ2) is 68.3. The van der Waals surface area contributed by atoms with Crippen molar-refractivity contribution in [3.63, 3.8) is 0 Å². The van der Waals surface area contributed by atoms with Gasteiger partial charge in [-0.1, -0.05) is 326 Å². The molecule has 0 aliphatic carbocycles. The van der Waals surface area contributed by atoms with Gasteiger partial charge in [-0.2, -0.15) is 0 Å². The van der Waals surface area contributed by atoms with Gasteiger partial charge in [-0.3, -0.25) is 9.59 Å². The van der Waals surface area contributed by atoms with Gasteiger partial charge in [-0.05, 0) is 89.9 Å². The number of carbonyl (C=O) groups is 2. The van der Waals surface area contributed by atoms with E-state index in [2.05, 4.69) is 55.6 Å². The van der Waals surface area contributed by atoms with Crippen LogP contribution in [0.2, 0.25) is 0 Å². The molecule has 1 amide bonds. The molecule has 0 aliphatic heterocycles. The maximum atomic E-state index is 12.5. The van der Waals surface area contributed by atoms with Crippen molar-refractivity contribution in [1.29, 1.82) is 0 Å². The molecule has 0 aliphatic rings. The van der Waals surface area contributed by atoms with Crippen molar-refractivity contribution in [1.82, 2.24) is 5.32 Å². The molecule has 0 bridgehead atoms. The molecule has 2 unspecified atom stereocenters. The summed E-state index contributed by atoms with van der Waals surface area (Å²) in [5.41, 5.74) is 0. The molecular weight excluding hydrogens is 971 g/mol. The zero-order valence-electron chi connectivity index (χ0n) is 53.1. The SMILES string of the molecule is CCCCCCCC/C=C\CCCCCCCCCC(=O)OCCCCCCCCCCC/C=C\C/C=C\CCCCCCCCCCCCCCCCCC(=O)NC(CO)C(O)/C=C/CCCCCCCCCCCCCC. The largest absolute Gasteiger partial charge is 0.466 e. The Hall–Kier alpha value is -2.18. The highest BCUT2D eigenvalue weighted by molar-refractivity contribution is 5.76. The van der Waals surface area contributed by atoms with E-state index in [9.17, 15) is 19.8 Å². The number of esters is 1. The maximum Gasteiger partial charge on any atom is 0.305 e. The van der Waals surface area contributed by atoms with Crippen molar-refractivity contribution < 1.29 is 24.5 Å². The van der Waals surface area contributed by atoms with Crippen molar-refractivity contribution in [3.8, 4) is 0 Å². The van der Waals surface area contributed by atoms with E-state index in [0.29, 0.717) is 19.4 Å². The molecule has 0 heterocycles. The van der Waals surface area contributed by atoms with Gasteiger partial charge in [-0.25, -0.2) is 0 Å². The molecule has 464 valence electrons. The van der Waals surface area contributed by atoms with Crippen LogP contribution in [0, 0.1) is 0 Å². The summed E-state index contributed by atoms with van der Waals surface area (Å²) in [6.45, 7) is 4.91. The molecule has 6 nitrogen and oxygen atoms in total. The quantitative estimate of drug-likeness (QED) is 0.0320. The van der Waals surface area contributed by atoms with Crippen LogP contribution in [-0.2, 0) is 14.3 Å². The lowest BCUT2D eigenvalue weighted by Gasteiger charge is -2.20. The van der Waals surface area contributed by atoms with Crippen LogP contribution in [0.1, 0.15) is 380 Å². The predicted octanol–water partition coefficient (Wildman–Crippen LogP) is 22.9. The zero-order valence-corrected chi connectivity index (χ0v) is 53.1. The number of aliphatic hydroxyl groups excluding tert-OH is 2. The summed E-state index contributed by atoms with van der Waals surface area (Å²) in [6, 6.07) is -0.628. The minimum atomic E-state index is -0.844. The zero-order chi connectivity index (χ0) is 57.1. The van der Waals surface area contributed by atoms with Crippen molar-refractivity contribution in [2.24, 2.45) is 0 Å². The first kappa shape index (κ1) is 76.8. The van der Waals surface area contributed by atoms with Crippen LogP contribution in [0.3, 0.4) is 0 Å². The molecule has 0 radical (unpaired) electrons. The first-order chi connectivity index (χ1) is 39.0. The van der Waals surface area contributed by atoms with Gasteiger partial charge >= 0.3 is 5.97 Å². The maximum absolute atomic E-state index is 12.5. The third-order valence-electron chi connectivity index (χ3n) is 16.3. The first-order valence-corrected chi connectivity index (χ1v) is 35.4. The summed E-state index contributed by atoms with van der Waals surface area (Å²) in [7, 11) is 0. The Morgan fingerprint density at radius 3 is 0.975 bits per heavy atom. The molecule has 0 aromatic rings. The normalized spacial score (nSPS) is 12.8. The third-order valence-corrected chi connectivity index (χ3v) is 16.3. The number of aliphatic hydroxyl groups is 2. The number of hydrogen-bond donors (Lipinski definition) is 3. The Labute approximate surface area is 493 Å². The Bertz CT molecular complexity index is 1320. The number of ether oxygens (including phenoxy) is 1. The molecule has 3 N–H and O–H groups in total. The van der Waals surface area contributed by atoms with E-state index in [1.807, 2.05) is 6.08 Å². The average Bonchev–Trinajstić information content (AvgIpc) is 3.45. The fourth-order valence-corrected chi connectivity index (χ4v) is 10.9. The molecule has 0 saturated carbocycles. The lowest BCUT2D eigenvalue weighted by atomic mass is 10.0. The Morgan fingerprint density at radius 2 is 0.633 bits per heavy atom. The van der Waals surface area contributed by atoms with Crippen molar-refractivity contribution in [2.45, 2.75) is 392 Å². The highest BCUT2D eigenvalue weighted by atomic mass is 16.5. The molecular formula is C73H137NO5. The second-order valence-electron chi connectivity index (χ2n) is 24.2. The second-order valence-corrected chi connectivity index (χ2v) is 24.2. The van der Waals surface area contributed by atoms with E-state index < -0.39 is 12.1 Å². The van der Waals surface area contributed by atoms with Gasteiger partial charge in [0.1, 0.15) is 0 Å². The van der Waals surface area contributed by atoms with Crippen LogP contribution in [0.4, 0.5) is 0 Å². The van der Waals surface area contributed by atoms with E-state index in [4.69, 9.17) is 4.74 Å². The fourth-order valence-electron chi connectivity index (χ4n) is 10.9. The van der Waals surface area contributed by atoms with Gasteiger partial charge in [-0.15, -0.1) is 0 Å². The number of rotatable bonds is 66. The summed E-state index contributed by atoms with van der Waals surface area (Å²) in [5, 5.41) is 23.1. The standard InChI is InChI=1S/C73H137NO5/c1-3-5-7-9-11-13-15-17-19-35-39-43-47-51-55-59-63-67-73(78)79-68-64-60-56-52-48-44-40-37-34-32-30-28-26-24-22-20-21-23-25-27-29-31-33-36-38-42-46-50-54-58-62-66-72(77)74-70(69-75)71(76)65-61-57-53-49-45-41-18-16-14-12-10-8-6-4-2/h17,19,22,24,28,30,61,65,70-71,75-76H,3-16,18,20-21,23,25-27,29,31-60,62-64,66-69H2,1-2H3,(H,74,77)/b19-17-,24-22-,30-28-,65-61+. The van der Waals surface area contributed by atoms with E-state index >= 15 is 0 Å². The van der Waals surface area contributed by atoms with Gasteiger partial charge in [0, 0.05) is 12.8 Å². The number of carbonyl (C=O) groups excluding carboxylic acids is 2. The summed E-state index contributed by atoms with van der Waals surface area (Å²) >= 11 is 0. The number of unbranched alkanes of at least 4 members (excludes halogenated alkanes) is 49. The van der Waals surface area contributed by atoms with Gasteiger partial charge in [0.05, 0.1) is 25.4 Å². The van der Waals surface area contributed by atoms with E-state index in [0.717, 1.165) is 51.4 Å². The monoisotopic (exact) mass is 1110 g/mol. The fraction of sp³-hybridized carbons (Fsp3) is 0.863. The number of hydrogen-bond acceptors (Lipinski definition) is 5. The van der Waals surface area contributed by atoms with Crippen LogP contribution in [-0.4, -0.2) is 47.4 Å². The summed E-state index contributed by atoms with van der Waals surface area (Å²) < 4.78 is 5.50.